The molecule has 0 saturated heterocycles. The second kappa shape index (κ2) is 8.23. The lowest BCUT2D eigenvalue weighted by atomic mass is 10.1. The monoisotopic (exact) mass is 449 g/mol. The Hall–Kier alpha value is -3.46. The highest BCUT2D eigenvalue weighted by atomic mass is 32.1. The first-order valence-electron chi connectivity index (χ1n) is 10.5. The van der Waals surface area contributed by atoms with Crippen LogP contribution in [0.1, 0.15) is 52.1 Å². The van der Waals surface area contributed by atoms with Crippen LogP contribution in [0.15, 0.2) is 40.9 Å². The Balaban J connectivity index is 1.41. The molecule has 0 bridgehead atoms. The zero-order chi connectivity index (χ0) is 22.2. The van der Waals surface area contributed by atoms with Gasteiger partial charge in [-0.3, -0.25) is 14.5 Å². The van der Waals surface area contributed by atoms with Crippen LogP contribution in [0, 0.1) is 18.6 Å². The molecule has 9 heteroatoms. The third-order valence-electron chi connectivity index (χ3n) is 5.74. The van der Waals surface area contributed by atoms with E-state index in [4.69, 9.17) is 21.5 Å². The van der Waals surface area contributed by atoms with E-state index >= 15 is 0 Å². The Morgan fingerprint density at radius 1 is 1.28 bits per heavy atom. The number of hydrogen-bond acceptors (Lipinski definition) is 6. The fraction of sp³-hybridized carbons (Fsp3) is 0.304. The highest BCUT2D eigenvalue weighted by Gasteiger charge is 2.27. The van der Waals surface area contributed by atoms with Crippen molar-refractivity contribution in [1.29, 1.82) is 0 Å². The lowest BCUT2D eigenvalue weighted by Gasteiger charge is -2.14. The number of nitrogens with zero attached hydrogens (tertiary/aromatic N) is 3. The first kappa shape index (κ1) is 20.4. The van der Waals surface area contributed by atoms with Gasteiger partial charge in [0, 0.05) is 6.04 Å². The molecule has 4 aromatic rings. The van der Waals surface area contributed by atoms with Gasteiger partial charge in [-0.25, -0.2) is 0 Å². The summed E-state index contributed by atoms with van der Waals surface area (Å²) >= 11 is 5.33. The molecule has 2 heterocycles. The number of carbonyl (C=O) groups excluding carboxylic acids is 1. The van der Waals surface area contributed by atoms with Crippen LogP contribution >= 0.6 is 12.2 Å². The lowest BCUT2D eigenvalue weighted by molar-refractivity contribution is 0.0945. The minimum absolute atomic E-state index is 0.235. The Labute approximate surface area is 189 Å². The molecule has 1 fully saturated rings. The van der Waals surface area contributed by atoms with Crippen molar-refractivity contribution in [2.75, 3.05) is 0 Å². The van der Waals surface area contributed by atoms with Crippen LogP contribution in [0.3, 0.4) is 0 Å². The third kappa shape index (κ3) is 3.91. The largest absolute Gasteiger partial charge is 0.488 e. The predicted molar refractivity (Wildman–Crippen MR) is 121 cm³/mol. The number of rotatable bonds is 7. The number of benzene rings is 2. The van der Waals surface area contributed by atoms with Crippen molar-refractivity contribution in [2.45, 2.75) is 45.9 Å². The molecule has 2 aromatic carbocycles. The molecule has 0 radical (unpaired) electrons. The van der Waals surface area contributed by atoms with Gasteiger partial charge in [-0.05, 0) is 61.8 Å². The Morgan fingerprint density at radius 2 is 2.03 bits per heavy atom. The number of carbonyl (C=O) groups is 1. The van der Waals surface area contributed by atoms with Gasteiger partial charge in [0.05, 0.1) is 23.4 Å². The van der Waals surface area contributed by atoms with Gasteiger partial charge in [0.25, 0.3) is 5.91 Å². The third-order valence-corrected chi connectivity index (χ3v) is 6.03. The number of H-pyrrole nitrogens is 1. The lowest BCUT2D eigenvalue weighted by Crippen LogP contribution is -2.25. The molecule has 0 spiro atoms. The van der Waals surface area contributed by atoms with Gasteiger partial charge in [-0.15, -0.1) is 0 Å². The van der Waals surface area contributed by atoms with Crippen molar-refractivity contribution < 1.29 is 14.1 Å². The zero-order valence-corrected chi connectivity index (χ0v) is 18.7. The SMILES string of the molecule is Cc1noc(C)c1COc1cc2ccccc2cc1C(=O)NCc1n[nH]c(=S)n1C1CC1. The van der Waals surface area contributed by atoms with Gasteiger partial charge in [0.2, 0.25) is 0 Å². The summed E-state index contributed by atoms with van der Waals surface area (Å²) in [7, 11) is 0. The Bertz CT molecular complexity index is 1350. The van der Waals surface area contributed by atoms with E-state index in [1.807, 2.05) is 54.8 Å². The molecule has 1 aliphatic carbocycles. The maximum Gasteiger partial charge on any atom is 0.255 e. The van der Waals surface area contributed by atoms with E-state index < -0.39 is 0 Å². The Kier molecular flexibility index (Phi) is 5.26. The van der Waals surface area contributed by atoms with Crippen molar-refractivity contribution >= 4 is 28.9 Å². The van der Waals surface area contributed by atoms with Gasteiger partial charge in [-0.1, -0.05) is 29.4 Å². The molecule has 0 aliphatic heterocycles. The summed E-state index contributed by atoms with van der Waals surface area (Å²) in [6.45, 7) is 4.26. The fourth-order valence-corrected chi connectivity index (χ4v) is 4.10. The van der Waals surface area contributed by atoms with E-state index in [-0.39, 0.29) is 19.1 Å². The number of ether oxygens (including phenoxy) is 1. The molecular weight excluding hydrogens is 426 g/mol. The second-order valence-corrected chi connectivity index (χ2v) is 8.40. The van der Waals surface area contributed by atoms with Crippen molar-refractivity contribution in [1.82, 2.24) is 25.2 Å². The molecule has 32 heavy (non-hydrogen) atoms. The maximum atomic E-state index is 13.2. The number of aromatic amines is 1. The van der Waals surface area contributed by atoms with Gasteiger partial charge < -0.3 is 14.6 Å². The Morgan fingerprint density at radius 3 is 2.72 bits per heavy atom. The van der Waals surface area contributed by atoms with Gasteiger partial charge in [-0.2, -0.15) is 5.10 Å². The average Bonchev–Trinajstić information content (AvgIpc) is 3.49. The highest BCUT2D eigenvalue weighted by Crippen LogP contribution is 2.35. The topological polar surface area (TPSA) is 98.0 Å². The van der Waals surface area contributed by atoms with Crippen LogP contribution in [0.25, 0.3) is 10.8 Å². The van der Waals surface area contributed by atoms with E-state index in [2.05, 4.69) is 20.7 Å². The minimum atomic E-state index is -0.235. The molecule has 1 aliphatic rings. The molecule has 0 atom stereocenters. The molecular formula is C23H23N5O3S. The second-order valence-electron chi connectivity index (χ2n) is 8.02. The minimum Gasteiger partial charge on any atom is -0.488 e. The molecule has 164 valence electrons. The summed E-state index contributed by atoms with van der Waals surface area (Å²) in [6, 6.07) is 12.0. The number of aryl methyl sites for hydroxylation is 2. The molecule has 1 saturated carbocycles. The molecule has 2 aromatic heterocycles. The van der Waals surface area contributed by atoms with Crippen LogP contribution in [-0.2, 0) is 13.2 Å². The number of amides is 1. The molecule has 0 unspecified atom stereocenters. The summed E-state index contributed by atoms with van der Waals surface area (Å²) in [5.41, 5.74) is 2.12. The normalized spacial score (nSPS) is 13.4. The summed E-state index contributed by atoms with van der Waals surface area (Å²) in [6.07, 6.45) is 2.16. The quantitative estimate of drug-likeness (QED) is 0.402. The first-order chi connectivity index (χ1) is 15.5. The molecule has 5 rings (SSSR count). The standard InChI is InChI=1S/C23H23N5O3S/c1-13-19(14(2)31-27-13)12-30-20-10-16-6-4-3-5-15(16)9-18(20)22(29)24-11-21-25-26-23(32)28(21)17-7-8-17/h3-6,9-10,17H,7-8,11-12H2,1-2H3,(H,24,29)(H,26,32). The molecule has 2 N–H and O–H groups in total. The smallest absolute Gasteiger partial charge is 0.255 e. The van der Waals surface area contributed by atoms with E-state index in [9.17, 15) is 4.79 Å². The van der Waals surface area contributed by atoms with E-state index in [0.29, 0.717) is 27.9 Å². The van der Waals surface area contributed by atoms with Crippen LogP contribution in [0.5, 0.6) is 5.75 Å². The van der Waals surface area contributed by atoms with Crippen LogP contribution in [0.4, 0.5) is 0 Å². The summed E-state index contributed by atoms with van der Waals surface area (Å²) in [4.78, 5) is 13.2. The van der Waals surface area contributed by atoms with Crippen LogP contribution < -0.4 is 10.1 Å². The van der Waals surface area contributed by atoms with Crippen molar-refractivity contribution in [2.24, 2.45) is 0 Å². The zero-order valence-electron chi connectivity index (χ0n) is 17.8. The van der Waals surface area contributed by atoms with Gasteiger partial charge in [0.1, 0.15) is 18.1 Å². The van der Waals surface area contributed by atoms with Crippen molar-refractivity contribution in [3.63, 3.8) is 0 Å². The predicted octanol–water partition coefficient (Wildman–Crippen LogP) is 4.54. The van der Waals surface area contributed by atoms with Crippen molar-refractivity contribution in [3.05, 3.63) is 69.6 Å². The molecule has 8 nitrogen and oxygen atoms in total. The number of hydrogen-bond donors (Lipinski definition) is 2. The fourth-order valence-electron chi connectivity index (χ4n) is 3.80. The highest BCUT2D eigenvalue weighted by molar-refractivity contribution is 7.71. The van der Waals surface area contributed by atoms with E-state index in [0.717, 1.165) is 40.7 Å². The van der Waals surface area contributed by atoms with E-state index in [1.165, 1.54) is 0 Å². The maximum absolute atomic E-state index is 13.2. The average molecular weight is 450 g/mol. The van der Waals surface area contributed by atoms with Crippen molar-refractivity contribution in [3.8, 4) is 5.75 Å². The molecule has 1 amide bonds. The van der Waals surface area contributed by atoms with Gasteiger partial charge >= 0.3 is 0 Å². The number of fused-ring (bicyclic) bond motifs is 1. The van der Waals surface area contributed by atoms with Crippen LogP contribution in [-0.4, -0.2) is 25.8 Å². The van der Waals surface area contributed by atoms with Gasteiger partial charge in [0.15, 0.2) is 10.6 Å². The summed E-state index contributed by atoms with van der Waals surface area (Å²) < 4.78 is 13.9. The van der Waals surface area contributed by atoms with Crippen LogP contribution in [0.2, 0.25) is 0 Å². The van der Waals surface area contributed by atoms with E-state index in [1.54, 1.807) is 0 Å². The number of aromatic nitrogens is 4. The summed E-state index contributed by atoms with van der Waals surface area (Å²) in [5.74, 6) is 1.70. The number of nitrogens with one attached hydrogen (secondary N) is 2. The summed E-state index contributed by atoms with van der Waals surface area (Å²) in [5, 5.41) is 16.0. The first-order valence-corrected chi connectivity index (χ1v) is 10.9.